The molecule has 164 valence electrons. The largest absolute Gasteiger partial charge is 0.480 e. The molecule has 1 amide bonds. The van der Waals surface area contributed by atoms with E-state index < -0.39 is 35.2 Å². The highest BCUT2D eigenvalue weighted by Gasteiger charge is 2.69. The van der Waals surface area contributed by atoms with E-state index >= 15 is 4.39 Å². The minimum absolute atomic E-state index is 0.149. The molecule has 2 aliphatic rings. The molecule has 4 rings (SSSR count). The van der Waals surface area contributed by atoms with Gasteiger partial charge in [-0.25, -0.2) is 8.81 Å². The quantitative estimate of drug-likeness (QED) is 0.552. The number of anilines is 1. The van der Waals surface area contributed by atoms with Gasteiger partial charge in [-0.1, -0.05) is 51.1 Å². The van der Waals surface area contributed by atoms with Crippen LogP contribution < -0.4 is 5.32 Å². The molecule has 0 radical (unpaired) electrons. The molecule has 1 saturated heterocycles. The zero-order valence-electron chi connectivity index (χ0n) is 17.3. The summed E-state index contributed by atoms with van der Waals surface area (Å²) in [5.74, 6) is -3.18. The maximum atomic E-state index is 15.4. The molecule has 1 spiro atoms. The third-order valence-corrected chi connectivity index (χ3v) is 7.33. The fourth-order valence-corrected chi connectivity index (χ4v) is 5.98. The SMILES string of the molecule is CC(C)(C)CC1N(Cl)C(C(=O)O)C(c2cccc(Br)c2F)C12C(=O)Nc1ccccc12. The Balaban J connectivity index is 2.08. The van der Waals surface area contributed by atoms with E-state index in [0.29, 0.717) is 17.7 Å². The monoisotopic (exact) mass is 508 g/mol. The number of nitrogens with one attached hydrogen (secondary N) is 1. The van der Waals surface area contributed by atoms with E-state index in [9.17, 15) is 14.7 Å². The first-order chi connectivity index (χ1) is 14.5. The third kappa shape index (κ3) is 3.29. The van der Waals surface area contributed by atoms with Crippen LogP contribution in [0.2, 0.25) is 0 Å². The van der Waals surface area contributed by atoms with Gasteiger partial charge < -0.3 is 10.4 Å². The Kier molecular flexibility index (Phi) is 5.43. The molecular formula is C23H23BrClFN2O3. The van der Waals surface area contributed by atoms with Crippen molar-refractivity contribution in [2.45, 2.75) is 50.6 Å². The highest BCUT2D eigenvalue weighted by Crippen LogP contribution is 2.60. The standard InChI is InChI=1S/C23H23BrClFN2O3/c1-22(2,3)11-16-23(13-8-4-5-10-15(13)27-21(23)31)17(19(20(29)30)28(16)25)12-7-6-9-14(24)18(12)26/h4-10,16-17,19H,11H2,1-3H3,(H,27,31)(H,29,30). The van der Waals surface area contributed by atoms with Crippen LogP contribution in [-0.2, 0) is 15.0 Å². The van der Waals surface area contributed by atoms with Crippen molar-refractivity contribution < 1.29 is 19.1 Å². The molecule has 0 bridgehead atoms. The van der Waals surface area contributed by atoms with Gasteiger partial charge in [-0.05, 0) is 62.8 Å². The smallest absolute Gasteiger partial charge is 0.322 e. The first kappa shape index (κ1) is 22.2. The molecular weight excluding hydrogens is 487 g/mol. The lowest BCUT2D eigenvalue weighted by Crippen LogP contribution is -2.49. The second-order valence-electron chi connectivity index (χ2n) is 9.40. The van der Waals surface area contributed by atoms with Crippen molar-refractivity contribution in [3.05, 3.63) is 63.9 Å². The predicted molar refractivity (Wildman–Crippen MR) is 121 cm³/mol. The van der Waals surface area contributed by atoms with Crippen molar-refractivity contribution in [2.24, 2.45) is 5.41 Å². The first-order valence-corrected chi connectivity index (χ1v) is 11.1. The minimum Gasteiger partial charge on any atom is -0.480 e. The van der Waals surface area contributed by atoms with E-state index in [4.69, 9.17) is 11.8 Å². The summed E-state index contributed by atoms with van der Waals surface area (Å²) in [5, 5.41) is 13.1. The van der Waals surface area contributed by atoms with Gasteiger partial charge >= 0.3 is 5.97 Å². The van der Waals surface area contributed by atoms with Gasteiger partial charge in [-0.15, -0.1) is 0 Å². The molecule has 2 aromatic carbocycles. The summed E-state index contributed by atoms with van der Waals surface area (Å²) in [6.07, 6.45) is 0.439. The molecule has 0 aliphatic carbocycles. The maximum absolute atomic E-state index is 15.4. The van der Waals surface area contributed by atoms with Gasteiger partial charge in [0, 0.05) is 17.6 Å². The lowest BCUT2D eigenvalue weighted by atomic mass is 9.62. The number of aliphatic carboxylic acids is 1. The number of carboxylic acids is 1. The molecule has 0 saturated carbocycles. The van der Waals surface area contributed by atoms with Gasteiger partial charge in [0.2, 0.25) is 5.91 Å². The van der Waals surface area contributed by atoms with Gasteiger partial charge in [0.1, 0.15) is 17.3 Å². The molecule has 5 nitrogen and oxygen atoms in total. The van der Waals surface area contributed by atoms with Gasteiger partial charge in [-0.3, -0.25) is 9.59 Å². The molecule has 2 heterocycles. The van der Waals surface area contributed by atoms with Crippen molar-refractivity contribution in [2.75, 3.05) is 5.32 Å². The van der Waals surface area contributed by atoms with E-state index in [1.807, 2.05) is 20.8 Å². The number of carboxylic acid groups (broad SMARTS) is 1. The molecule has 0 aromatic heterocycles. The number of amides is 1. The Hall–Kier alpha value is -1.96. The minimum atomic E-state index is -1.36. The number of carbonyl (C=O) groups is 2. The number of carbonyl (C=O) groups excluding carboxylic acids is 1. The van der Waals surface area contributed by atoms with E-state index in [1.54, 1.807) is 42.5 Å². The number of hydrogen-bond acceptors (Lipinski definition) is 3. The summed E-state index contributed by atoms with van der Waals surface area (Å²) in [6, 6.07) is 9.95. The predicted octanol–water partition coefficient (Wildman–Crippen LogP) is 5.29. The Bertz CT molecular complexity index is 1070. The van der Waals surface area contributed by atoms with Crippen molar-refractivity contribution in [3.8, 4) is 0 Å². The number of fused-ring (bicyclic) bond motifs is 2. The fraction of sp³-hybridized carbons (Fsp3) is 0.391. The summed E-state index contributed by atoms with van der Waals surface area (Å²) in [4.78, 5) is 26.2. The van der Waals surface area contributed by atoms with E-state index in [2.05, 4.69) is 21.2 Å². The number of halogens is 3. The lowest BCUT2D eigenvalue weighted by molar-refractivity contribution is -0.141. The van der Waals surface area contributed by atoms with Gasteiger partial charge in [0.15, 0.2) is 0 Å². The Morgan fingerprint density at radius 1 is 1.26 bits per heavy atom. The van der Waals surface area contributed by atoms with E-state index in [0.717, 1.165) is 0 Å². The number of rotatable bonds is 3. The molecule has 4 atom stereocenters. The fourth-order valence-electron chi connectivity index (χ4n) is 5.18. The topological polar surface area (TPSA) is 69.6 Å². The van der Waals surface area contributed by atoms with Crippen LogP contribution in [0.4, 0.5) is 10.1 Å². The van der Waals surface area contributed by atoms with Crippen LogP contribution in [0.5, 0.6) is 0 Å². The molecule has 2 N–H and O–H groups in total. The number of hydrogen-bond donors (Lipinski definition) is 2. The van der Waals surface area contributed by atoms with Gasteiger partial charge in [0.25, 0.3) is 0 Å². The summed E-state index contributed by atoms with van der Waals surface area (Å²) >= 11 is 9.93. The maximum Gasteiger partial charge on any atom is 0.322 e. The average molecular weight is 510 g/mol. The second kappa shape index (κ2) is 7.57. The van der Waals surface area contributed by atoms with Crippen LogP contribution in [0.1, 0.15) is 44.2 Å². The van der Waals surface area contributed by atoms with Gasteiger partial charge in [-0.2, -0.15) is 0 Å². The average Bonchev–Trinajstić information content (AvgIpc) is 3.10. The third-order valence-electron chi connectivity index (χ3n) is 6.27. The summed E-state index contributed by atoms with van der Waals surface area (Å²) < 4.78 is 16.8. The highest BCUT2D eigenvalue weighted by molar-refractivity contribution is 9.10. The van der Waals surface area contributed by atoms with Crippen molar-refractivity contribution in [3.63, 3.8) is 0 Å². The molecule has 2 aliphatic heterocycles. The molecule has 4 unspecified atom stereocenters. The lowest BCUT2D eigenvalue weighted by Gasteiger charge is -2.38. The zero-order chi connectivity index (χ0) is 22.7. The molecule has 2 aromatic rings. The van der Waals surface area contributed by atoms with Gasteiger partial charge in [0.05, 0.1) is 4.47 Å². The molecule has 8 heteroatoms. The second-order valence-corrected chi connectivity index (χ2v) is 10.6. The number of para-hydroxylation sites is 1. The Morgan fingerprint density at radius 2 is 1.94 bits per heavy atom. The van der Waals surface area contributed by atoms with Crippen LogP contribution in [-0.4, -0.2) is 33.5 Å². The van der Waals surface area contributed by atoms with E-state index in [1.165, 1.54) is 4.42 Å². The Morgan fingerprint density at radius 3 is 2.58 bits per heavy atom. The van der Waals surface area contributed by atoms with Crippen molar-refractivity contribution in [1.29, 1.82) is 0 Å². The van der Waals surface area contributed by atoms with Crippen LogP contribution in [0.3, 0.4) is 0 Å². The normalized spacial score (nSPS) is 28.1. The van der Waals surface area contributed by atoms with E-state index in [-0.39, 0.29) is 21.4 Å². The summed E-state index contributed by atoms with van der Waals surface area (Å²) in [5.41, 5.74) is -0.237. The van der Waals surface area contributed by atoms with Crippen LogP contribution in [0.15, 0.2) is 46.9 Å². The van der Waals surface area contributed by atoms with Crippen LogP contribution >= 0.6 is 27.7 Å². The van der Waals surface area contributed by atoms with Crippen LogP contribution in [0, 0.1) is 11.2 Å². The number of benzene rings is 2. The Labute approximate surface area is 193 Å². The first-order valence-electron chi connectivity index (χ1n) is 10.0. The van der Waals surface area contributed by atoms with Crippen LogP contribution in [0.25, 0.3) is 0 Å². The summed E-state index contributed by atoms with van der Waals surface area (Å²) in [7, 11) is 0. The van der Waals surface area contributed by atoms with Crippen molar-refractivity contribution in [1.82, 2.24) is 4.42 Å². The van der Waals surface area contributed by atoms with Crippen molar-refractivity contribution >= 4 is 45.3 Å². The molecule has 31 heavy (non-hydrogen) atoms. The zero-order valence-corrected chi connectivity index (χ0v) is 19.7. The molecule has 1 fully saturated rings. The highest BCUT2D eigenvalue weighted by atomic mass is 79.9. The number of nitrogens with zero attached hydrogens (tertiary/aromatic N) is 1. The summed E-state index contributed by atoms with van der Waals surface area (Å²) in [6.45, 7) is 6.02.